The second-order valence-corrected chi connectivity index (χ2v) is 9.21. The van der Waals surface area contributed by atoms with Crippen molar-refractivity contribution in [3.8, 4) is 0 Å². The molecule has 1 fully saturated rings. The molecule has 1 saturated carbocycles. The lowest BCUT2D eigenvalue weighted by atomic mass is 10.2. The molecule has 10 heteroatoms. The highest BCUT2D eigenvalue weighted by molar-refractivity contribution is 7.89. The second-order valence-electron chi connectivity index (χ2n) is 7.52. The highest BCUT2D eigenvalue weighted by Gasteiger charge is 2.41. The predicted molar refractivity (Wildman–Crippen MR) is 104 cm³/mol. The fraction of sp³-hybridized carbons (Fsp3) is 0.389. The highest BCUT2D eigenvalue weighted by Crippen LogP contribution is 2.36. The van der Waals surface area contributed by atoms with Crippen LogP contribution in [-0.4, -0.2) is 32.9 Å². The first-order valence-corrected chi connectivity index (χ1v) is 10.3. The predicted octanol–water partition coefficient (Wildman–Crippen LogP) is 0.313. The molecule has 9 nitrogen and oxygen atoms in total. The maximum atomic E-state index is 13.0. The average molecular weight is 403 g/mol. The molecule has 0 atom stereocenters. The topological polar surface area (TPSA) is 108 Å². The zero-order valence-electron chi connectivity index (χ0n) is 15.8. The van der Waals surface area contributed by atoms with Crippen LogP contribution in [0.2, 0.25) is 0 Å². The Hall–Kier alpha value is -2.72. The quantitative estimate of drug-likeness (QED) is 0.660. The number of aryl methyl sites for hydroxylation is 2. The number of fused-ring (bicyclic) bond motifs is 1. The van der Waals surface area contributed by atoms with Crippen LogP contribution in [0.4, 0.5) is 0 Å². The van der Waals surface area contributed by atoms with Gasteiger partial charge in [-0.15, -0.1) is 0 Å². The molecule has 2 aromatic heterocycles. The summed E-state index contributed by atoms with van der Waals surface area (Å²) in [4.78, 5) is 25.7. The molecule has 3 aromatic rings. The van der Waals surface area contributed by atoms with Gasteiger partial charge in [-0.05, 0) is 44.0 Å². The molecule has 1 aliphatic carbocycles. The number of benzene rings is 1. The molecular weight excluding hydrogens is 382 g/mol. The molecule has 0 saturated heterocycles. The van der Waals surface area contributed by atoms with Crippen molar-refractivity contribution in [2.45, 2.75) is 36.7 Å². The van der Waals surface area contributed by atoms with Gasteiger partial charge in [-0.25, -0.2) is 17.9 Å². The van der Waals surface area contributed by atoms with Crippen LogP contribution in [0.5, 0.6) is 0 Å². The van der Waals surface area contributed by atoms with Crippen molar-refractivity contribution >= 4 is 20.9 Å². The van der Waals surface area contributed by atoms with Crippen LogP contribution in [-0.2, 0) is 30.7 Å². The van der Waals surface area contributed by atoms with Crippen molar-refractivity contribution in [3.63, 3.8) is 0 Å². The minimum atomic E-state index is -3.76. The normalized spacial score (nSPS) is 15.8. The number of nitrogens with zero attached hydrogens (tertiary/aromatic N) is 4. The molecule has 1 aromatic carbocycles. The summed E-state index contributed by atoms with van der Waals surface area (Å²) in [5.41, 5.74) is -0.359. The molecule has 4 rings (SSSR count). The lowest BCUT2D eigenvalue weighted by Gasteiger charge is -2.14. The highest BCUT2D eigenvalue weighted by atomic mass is 32.2. The Balaban J connectivity index is 1.87. The van der Waals surface area contributed by atoms with Gasteiger partial charge in [0.1, 0.15) is 0 Å². The first-order chi connectivity index (χ1) is 13.1. The van der Waals surface area contributed by atoms with Gasteiger partial charge in [0, 0.05) is 25.8 Å². The summed E-state index contributed by atoms with van der Waals surface area (Å²) >= 11 is 0. The van der Waals surface area contributed by atoms with Gasteiger partial charge < -0.3 is 0 Å². The molecule has 0 aliphatic heterocycles. The molecule has 0 spiro atoms. The van der Waals surface area contributed by atoms with E-state index in [2.05, 4.69) is 9.82 Å². The summed E-state index contributed by atoms with van der Waals surface area (Å²) in [6, 6.07) is 5.97. The fourth-order valence-electron chi connectivity index (χ4n) is 3.19. The number of rotatable bonds is 5. The van der Waals surface area contributed by atoms with Crippen LogP contribution < -0.4 is 16.0 Å². The van der Waals surface area contributed by atoms with Crippen LogP contribution in [0.1, 0.15) is 25.5 Å². The third-order valence-electron chi connectivity index (χ3n) is 5.26. The van der Waals surface area contributed by atoms with E-state index in [1.165, 1.54) is 22.8 Å². The molecule has 148 valence electrons. The van der Waals surface area contributed by atoms with E-state index < -0.39 is 26.8 Å². The van der Waals surface area contributed by atoms with Crippen molar-refractivity contribution in [1.82, 2.24) is 23.6 Å². The molecule has 0 unspecified atom stereocenters. The number of aromatic nitrogens is 4. The molecular formula is C18H21N5O4S. The van der Waals surface area contributed by atoms with Crippen LogP contribution in [0.25, 0.3) is 10.9 Å². The van der Waals surface area contributed by atoms with Gasteiger partial charge in [-0.1, -0.05) is 0 Å². The van der Waals surface area contributed by atoms with Gasteiger partial charge in [-0.2, -0.15) is 5.10 Å². The lowest BCUT2D eigenvalue weighted by Crippen LogP contribution is -2.40. The smallest absolute Gasteiger partial charge is 0.296 e. The number of hydrogen-bond donors (Lipinski definition) is 1. The molecule has 1 aliphatic rings. The first-order valence-electron chi connectivity index (χ1n) is 8.86. The Morgan fingerprint density at radius 2 is 1.89 bits per heavy atom. The Kier molecular flexibility index (Phi) is 4.09. The monoisotopic (exact) mass is 403 g/mol. The van der Waals surface area contributed by atoms with E-state index in [0.717, 1.165) is 17.4 Å². The molecule has 0 amide bonds. The molecule has 2 heterocycles. The van der Waals surface area contributed by atoms with E-state index in [0.29, 0.717) is 11.2 Å². The number of nitrogens with one attached hydrogen (secondary N) is 1. The van der Waals surface area contributed by atoms with Crippen molar-refractivity contribution in [1.29, 1.82) is 0 Å². The Bertz CT molecular complexity index is 1310. The van der Waals surface area contributed by atoms with Gasteiger partial charge >= 0.3 is 5.69 Å². The summed E-state index contributed by atoms with van der Waals surface area (Å²) in [5, 5.41) is 4.22. The van der Waals surface area contributed by atoms with Crippen LogP contribution in [0, 0.1) is 0 Å². The summed E-state index contributed by atoms with van der Waals surface area (Å²) in [5.74, 6) is 0. The van der Waals surface area contributed by atoms with E-state index in [1.807, 2.05) is 6.92 Å². The maximum absolute atomic E-state index is 13.0. The van der Waals surface area contributed by atoms with Crippen molar-refractivity contribution in [3.05, 3.63) is 57.0 Å². The molecule has 0 radical (unpaired) electrons. The summed E-state index contributed by atoms with van der Waals surface area (Å²) < 4.78 is 32.1. The van der Waals surface area contributed by atoms with Crippen molar-refractivity contribution in [2.75, 3.05) is 0 Å². The summed E-state index contributed by atoms with van der Waals surface area (Å²) in [7, 11) is -0.476. The standard InChI is InChI=1S/C18H21N5O4S/c1-18(7-8-18)20-28(26,27)13-4-5-15-14(10-13)16(24)23(17(25)21(15)2)11-12-6-9-19-22(12)3/h4-6,9-10,20H,7-8,11H2,1-3H3. The minimum absolute atomic E-state index is 0.0101. The van der Waals surface area contributed by atoms with E-state index in [9.17, 15) is 18.0 Å². The summed E-state index contributed by atoms with van der Waals surface area (Å²) in [6.07, 6.45) is 3.15. The van der Waals surface area contributed by atoms with Crippen molar-refractivity contribution in [2.24, 2.45) is 14.1 Å². The van der Waals surface area contributed by atoms with Crippen LogP contribution in [0.3, 0.4) is 0 Å². The fourth-order valence-corrected chi connectivity index (χ4v) is 4.68. The number of sulfonamides is 1. The molecule has 28 heavy (non-hydrogen) atoms. The Morgan fingerprint density at radius 1 is 1.18 bits per heavy atom. The maximum Gasteiger partial charge on any atom is 0.331 e. The SMILES string of the molecule is Cn1nccc1Cn1c(=O)c2cc(S(=O)(=O)NC3(C)CC3)ccc2n(C)c1=O. The van der Waals surface area contributed by atoms with Crippen LogP contribution >= 0.6 is 0 Å². The Labute approximate surface area is 161 Å². The number of hydrogen-bond acceptors (Lipinski definition) is 5. The minimum Gasteiger partial charge on any atom is -0.296 e. The van der Waals surface area contributed by atoms with Gasteiger partial charge in [0.25, 0.3) is 5.56 Å². The zero-order chi connectivity index (χ0) is 20.3. The molecule has 0 bridgehead atoms. The van der Waals surface area contributed by atoms with Gasteiger partial charge in [0.2, 0.25) is 10.0 Å². The van der Waals surface area contributed by atoms with Crippen LogP contribution in [0.15, 0.2) is 44.9 Å². The third kappa shape index (κ3) is 3.08. The zero-order valence-corrected chi connectivity index (χ0v) is 16.7. The second kappa shape index (κ2) is 6.14. The summed E-state index contributed by atoms with van der Waals surface area (Å²) in [6.45, 7) is 1.89. The lowest BCUT2D eigenvalue weighted by molar-refractivity contribution is 0.558. The van der Waals surface area contributed by atoms with E-state index in [-0.39, 0.29) is 16.8 Å². The van der Waals surface area contributed by atoms with Gasteiger partial charge in [0.15, 0.2) is 0 Å². The average Bonchev–Trinajstić information content (AvgIpc) is 3.22. The Morgan fingerprint density at radius 3 is 2.50 bits per heavy atom. The third-order valence-corrected chi connectivity index (χ3v) is 6.89. The van der Waals surface area contributed by atoms with E-state index in [1.54, 1.807) is 31.0 Å². The van der Waals surface area contributed by atoms with Crippen molar-refractivity contribution < 1.29 is 8.42 Å². The van der Waals surface area contributed by atoms with E-state index in [4.69, 9.17) is 0 Å². The first kappa shape index (κ1) is 18.6. The van der Waals surface area contributed by atoms with Gasteiger partial charge in [-0.3, -0.25) is 18.6 Å². The van der Waals surface area contributed by atoms with E-state index >= 15 is 0 Å². The molecule has 1 N–H and O–H groups in total. The largest absolute Gasteiger partial charge is 0.331 e. The van der Waals surface area contributed by atoms with Gasteiger partial charge in [0.05, 0.1) is 28.0 Å².